The summed E-state index contributed by atoms with van der Waals surface area (Å²) in [5.74, 6) is 0.995. The second kappa shape index (κ2) is 4.48. The zero-order chi connectivity index (χ0) is 8.97. The number of ether oxygens (including phenoxy) is 2. The lowest BCUT2D eigenvalue weighted by Crippen LogP contribution is -1.83. The molecule has 0 spiro atoms. The van der Waals surface area contributed by atoms with Crippen LogP contribution in [0.15, 0.2) is 6.07 Å². The molecule has 0 saturated heterocycles. The molecule has 0 N–H and O–H groups in total. The topological polar surface area (TPSA) is 18.5 Å². The van der Waals surface area contributed by atoms with Gasteiger partial charge >= 0.3 is 0 Å². The molecule has 0 fully saturated rings. The first-order chi connectivity index (χ1) is 5.81. The smallest absolute Gasteiger partial charge is 0.133 e. The van der Waals surface area contributed by atoms with Crippen molar-refractivity contribution in [1.82, 2.24) is 0 Å². The summed E-state index contributed by atoms with van der Waals surface area (Å²) in [5.41, 5.74) is 0. The van der Waals surface area contributed by atoms with Gasteiger partial charge in [-0.3, -0.25) is 0 Å². The number of hydrogen-bond acceptors (Lipinski definition) is 3. The average molecular weight is 186 g/mol. The fraction of sp³-hybridized carbons (Fsp3) is 0.556. The molecule has 0 saturated carbocycles. The maximum atomic E-state index is 5.22. The maximum Gasteiger partial charge on any atom is 0.133 e. The zero-order valence-electron chi connectivity index (χ0n) is 7.72. The van der Waals surface area contributed by atoms with E-state index in [4.69, 9.17) is 9.47 Å². The van der Waals surface area contributed by atoms with Crippen LogP contribution in [0.3, 0.4) is 0 Å². The molecule has 0 bridgehead atoms. The SMILES string of the molecule is CCc1sc(COC)cc1OC. The van der Waals surface area contributed by atoms with Crippen LogP contribution in [0.2, 0.25) is 0 Å². The third-order valence-corrected chi connectivity index (χ3v) is 2.88. The summed E-state index contributed by atoms with van der Waals surface area (Å²) >= 11 is 1.76. The fourth-order valence-electron chi connectivity index (χ4n) is 1.10. The molecule has 3 heteroatoms. The van der Waals surface area contributed by atoms with Crippen molar-refractivity contribution in [2.75, 3.05) is 14.2 Å². The summed E-state index contributed by atoms with van der Waals surface area (Å²) in [7, 11) is 3.41. The molecule has 0 aliphatic heterocycles. The predicted molar refractivity (Wildman–Crippen MR) is 51.0 cm³/mol. The van der Waals surface area contributed by atoms with Gasteiger partial charge < -0.3 is 9.47 Å². The summed E-state index contributed by atoms with van der Waals surface area (Å²) in [6, 6.07) is 2.05. The second-order valence-corrected chi connectivity index (χ2v) is 3.71. The Morgan fingerprint density at radius 3 is 2.58 bits per heavy atom. The van der Waals surface area contributed by atoms with E-state index in [-0.39, 0.29) is 0 Å². The summed E-state index contributed by atoms with van der Waals surface area (Å²) in [6.45, 7) is 2.81. The van der Waals surface area contributed by atoms with Crippen LogP contribution in [0, 0.1) is 0 Å². The van der Waals surface area contributed by atoms with Crippen molar-refractivity contribution >= 4 is 11.3 Å². The summed E-state index contributed by atoms with van der Waals surface area (Å²) in [6.07, 6.45) is 1.03. The van der Waals surface area contributed by atoms with Crippen molar-refractivity contribution in [1.29, 1.82) is 0 Å². The lowest BCUT2D eigenvalue weighted by molar-refractivity contribution is 0.187. The third kappa shape index (κ3) is 1.99. The molecular weight excluding hydrogens is 172 g/mol. The van der Waals surface area contributed by atoms with Gasteiger partial charge in [0.15, 0.2) is 0 Å². The van der Waals surface area contributed by atoms with E-state index >= 15 is 0 Å². The molecule has 12 heavy (non-hydrogen) atoms. The van der Waals surface area contributed by atoms with Crippen molar-refractivity contribution in [2.45, 2.75) is 20.0 Å². The predicted octanol–water partition coefficient (Wildman–Crippen LogP) is 2.47. The highest BCUT2D eigenvalue weighted by Gasteiger charge is 2.06. The average Bonchev–Trinajstić information content (AvgIpc) is 2.48. The van der Waals surface area contributed by atoms with Crippen LogP contribution in [0.1, 0.15) is 16.7 Å². The van der Waals surface area contributed by atoms with E-state index < -0.39 is 0 Å². The van der Waals surface area contributed by atoms with E-state index in [1.54, 1.807) is 25.6 Å². The molecule has 68 valence electrons. The molecular formula is C9H14O2S. The second-order valence-electron chi connectivity index (χ2n) is 2.49. The van der Waals surface area contributed by atoms with Crippen LogP contribution in [0.25, 0.3) is 0 Å². The zero-order valence-corrected chi connectivity index (χ0v) is 8.53. The lowest BCUT2D eigenvalue weighted by Gasteiger charge is -1.96. The molecule has 0 aromatic carbocycles. The van der Waals surface area contributed by atoms with Crippen LogP contribution in [-0.4, -0.2) is 14.2 Å². The fourth-order valence-corrected chi connectivity index (χ4v) is 2.14. The lowest BCUT2D eigenvalue weighted by atomic mass is 10.3. The Hall–Kier alpha value is -0.540. The van der Waals surface area contributed by atoms with Crippen molar-refractivity contribution in [3.63, 3.8) is 0 Å². The number of hydrogen-bond donors (Lipinski definition) is 0. The van der Waals surface area contributed by atoms with E-state index in [0.29, 0.717) is 6.61 Å². The van der Waals surface area contributed by atoms with Gasteiger partial charge in [0.1, 0.15) is 5.75 Å². The van der Waals surface area contributed by atoms with Crippen molar-refractivity contribution in [2.24, 2.45) is 0 Å². The van der Waals surface area contributed by atoms with E-state index in [9.17, 15) is 0 Å². The molecule has 1 heterocycles. The minimum atomic E-state index is 0.682. The number of methoxy groups -OCH3 is 2. The van der Waals surface area contributed by atoms with E-state index in [1.165, 1.54) is 9.75 Å². The highest BCUT2D eigenvalue weighted by atomic mass is 32.1. The standard InChI is InChI=1S/C9H14O2S/c1-4-9-8(11-3)5-7(12-9)6-10-2/h5H,4,6H2,1-3H3. The van der Waals surface area contributed by atoms with Crippen molar-refractivity contribution in [3.05, 3.63) is 15.8 Å². The molecule has 0 amide bonds. The van der Waals surface area contributed by atoms with Gasteiger partial charge in [-0.2, -0.15) is 0 Å². The van der Waals surface area contributed by atoms with Gasteiger partial charge in [-0.05, 0) is 12.5 Å². The number of aryl methyl sites for hydroxylation is 1. The molecule has 1 aromatic rings. The first-order valence-electron chi connectivity index (χ1n) is 3.96. The molecule has 0 aliphatic carbocycles. The molecule has 0 radical (unpaired) electrons. The molecule has 0 unspecified atom stereocenters. The van der Waals surface area contributed by atoms with Crippen molar-refractivity contribution in [3.8, 4) is 5.75 Å². The van der Waals surface area contributed by atoms with Crippen LogP contribution in [0.5, 0.6) is 5.75 Å². The molecule has 2 nitrogen and oxygen atoms in total. The number of rotatable bonds is 4. The Labute approximate surface area is 77.1 Å². The minimum absolute atomic E-state index is 0.682. The quantitative estimate of drug-likeness (QED) is 0.719. The highest BCUT2D eigenvalue weighted by Crippen LogP contribution is 2.29. The van der Waals surface area contributed by atoms with Gasteiger partial charge in [0.05, 0.1) is 13.7 Å². The van der Waals surface area contributed by atoms with Crippen LogP contribution < -0.4 is 4.74 Å². The van der Waals surface area contributed by atoms with E-state index in [0.717, 1.165) is 12.2 Å². The first kappa shape index (κ1) is 9.55. The summed E-state index contributed by atoms with van der Waals surface area (Å²) < 4.78 is 10.3. The molecule has 0 atom stereocenters. The third-order valence-electron chi connectivity index (χ3n) is 1.65. The van der Waals surface area contributed by atoms with Crippen molar-refractivity contribution < 1.29 is 9.47 Å². The number of thiophene rings is 1. The minimum Gasteiger partial charge on any atom is -0.496 e. The largest absolute Gasteiger partial charge is 0.496 e. The Morgan fingerprint density at radius 2 is 2.17 bits per heavy atom. The van der Waals surface area contributed by atoms with Gasteiger partial charge in [0, 0.05) is 16.9 Å². The normalized spacial score (nSPS) is 10.2. The van der Waals surface area contributed by atoms with Gasteiger partial charge in [-0.1, -0.05) is 6.92 Å². The molecule has 1 rings (SSSR count). The van der Waals surface area contributed by atoms with E-state index in [2.05, 4.69) is 6.92 Å². The maximum absolute atomic E-state index is 5.22. The molecule has 0 aliphatic rings. The van der Waals surface area contributed by atoms with E-state index in [1.807, 2.05) is 6.07 Å². The Morgan fingerprint density at radius 1 is 1.42 bits per heavy atom. The summed E-state index contributed by atoms with van der Waals surface area (Å²) in [4.78, 5) is 2.52. The first-order valence-corrected chi connectivity index (χ1v) is 4.78. The van der Waals surface area contributed by atoms with Crippen LogP contribution in [-0.2, 0) is 17.8 Å². The molecule has 1 aromatic heterocycles. The summed E-state index contributed by atoms with van der Waals surface area (Å²) in [5, 5.41) is 0. The monoisotopic (exact) mass is 186 g/mol. The van der Waals surface area contributed by atoms with Gasteiger partial charge in [-0.25, -0.2) is 0 Å². The Balaban J connectivity index is 2.81. The Bertz CT molecular complexity index is 221. The van der Waals surface area contributed by atoms with Gasteiger partial charge in [0.2, 0.25) is 0 Å². The van der Waals surface area contributed by atoms with Gasteiger partial charge in [0.25, 0.3) is 0 Å². The highest BCUT2D eigenvalue weighted by molar-refractivity contribution is 7.12. The van der Waals surface area contributed by atoms with Gasteiger partial charge in [-0.15, -0.1) is 11.3 Å². The van der Waals surface area contributed by atoms with Crippen LogP contribution in [0.4, 0.5) is 0 Å². The van der Waals surface area contributed by atoms with Crippen LogP contribution >= 0.6 is 11.3 Å². The Kier molecular flexibility index (Phi) is 3.56.